The first-order valence-corrected chi connectivity index (χ1v) is 3.84. The first-order valence-electron chi connectivity index (χ1n) is 3.84. The zero-order chi connectivity index (χ0) is 10.7. The second-order valence-electron chi connectivity index (χ2n) is 2.69. The van der Waals surface area contributed by atoms with Gasteiger partial charge in [-0.15, -0.1) is 6.58 Å². The Labute approximate surface area is 80.4 Å². The van der Waals surface area contributed by atoms with Gasteiger partial charge < -0.3 is 11.5 Å². The van der Waals surface area contributed by atoms with Crippen LogP contribution in [0.1, 0.15) is 11.6 Å². The third kappa shape index (κ3) is 1.86. The van der Waals surface area contributed by atoms with Gasteiger partial charge in [0.2, 0.25) is 0 Å². The lowest BCUT2D eigenvalue weighted by atomic mass is 10.1. The standard InChI is InChI=1S/C8H10N4O2/c1-2-7(9)6-3-5(12(13)14)4-11-8(6)10/h2-4,7H,1,9H2,(H2,10,11)/t7-/m1/s1. The minimum Gasteiger partial charge on any atom is -0.383 e. The number of nitro groups is 1. The van der Waals surface area contributed by atoms with Crippen molar-refractivity contribution in [3.05, 3.63) is 40.6 Å². The first-order chi connectivity index (χ1) is 6.56. The summed E-state index contributed by atoms with van der Waals surface area (Å²) in [6.45, 7) is 3.47. The molecule has 14 heavy (non-hydrogen) atoms. The number of anilines is 1. The Bertz CT molecular complexity index is 378. The highest BCUT2D eigenvalue weighted by Crippen LogP contribution is 2.21. The van der Waals surface area contributed by atoms with Crippen molar-refractivity contribution in [3.63, 3.8) is 0 Å². The third-order valence-corrected chi connectivity index (χ3v) is 1.76. The van der Waals surface area contributed by atoms with Crippen molar-refractivity contribution in [1.82, 2.24) is 4.98 Å². The summed E-state index contributed by atoms with van der Waals surface area (Å²) in [7, 11) is 0. The maximum atomic E-state index is 10.4. The van der Waals surface area contributed by atoms with Crippen LogP contribution in [0.5, 0.6) is 0 Å². The molecule has 6 nitrogen and oxygen atoms in total. The van der Waals surface area contributed by atoms with Gasteiger partial charge in [-0.1, -0.05) is 6.08 Å². The third-order valence-electron chi connectivity index (χ3n) is 1.76. The molecule has 0 aliphatic rings. The van der Waals surface area contributed by atoms with Gasteiger partial charge in [0, 0.05) is 11.6 Å². The van der Waals surface area contributed by atoms with Crippen molar-refractivity contribution in [2.24, 2.45) is 5.73 Å². The van der Waals surface area contributed by atoms with Crippen molar-refractivity contribution in [2.75, 3.05) is 5.73 Å². The molecule has 0 amide bonds. The van der Waals surface area contributed by atoms with E-state index in [9.17, 15) is 10.1 Å². The molecule has 74 valence electrons. The molecule has 0 bridgehead atoms. The molecule has 1 heterocycles. The fourth-order valence-corrected chi connectivity index (χ4v) is 0.975. The van der Waals surface area contributed by atoms with E-state index in [0.29, 0.717) is 5.56 Å². The zero-order valence-electron chi connectivity index (χ0n) is 7.38. The van der Waals surface area contributed by atoms with Crippen LogP contribution in [0, 0.1) is 10.1 Å². The fourth-order valence-electron chi connectivity index (χ4n) is 0.975. The van der Waals surface area contributed by atoms with Gasteiger partial charge in [-0.2, -0.15) is 0 Å². The van der Waals surface area contributed by atoms with E-state index in [4.69, 9.17) is 11.5 Å². The van der Waals surface area contributed by atoms with Gasteiger partial charge in [0.15, 0.2) is 0 Å². The molecular weight excluding hydrogens is 184 g/mol. The summed E-state index contributed by atoms with van der Waals surface area (Å²) in [5, 5.41) is 10.4. The average Bonchev–Trinajstić information content (AvgIpc) is 2.17. The van der Waals surface area contributed by atoms with Crippen LogP contribution >= 0.6 is 0 Å². The summed E-state index contributed by atoms with van der Waals surface area (Å²) in [5.41, 5.74) is 11.4. The highest BCUT2D eigenvalue weighted by Gasteiger charge is 2.13. The van der Waals surface area contributed by atoms with Crippen molar-refractivity contribution in [1.29, 1.82) is 0 Å². The maximum Gasteiger partial charge on any atom is 0.288 e. The van der Waals surface area contributed by atoms with Crippen molar-refractivity contribution in [2.45, 2.75) is 6.04 Å². The van der Waals surface area contributed by atoms with Crippen LogP contribution in [0.15, 0.2) is 24.9 Å². The molecule has 0 unspecified atom stereocenters. The smallest absolute Gasteiger partial charge is 0.288 e. The highest BCUT2D eigenvalue weighted by molar-refractivity contribution is 5.48. The predicted octanol–water partition coefficient (Wildman–Crippen LogP) is 0.758. The summed E-state index contributed by atoms with van der Waals surface area (Å²) >= 11 is 0. The Kier molecular flexibility index (Phi) is 2.78. The SMILES string of the molecule is C=C[C@@H](N)c1cc([N+](=O)[O-])cnc1N. The van der Waals surface area contributed by atoms with Crippen LogP contribution in [-0.4, -0.2) is 9.91 Å². The van der Waals surface area contributed by atoms with Crippen molar-refractivity contribution < 1.29 is 4.92 Å². The molecule has 0 saturated heterocycles. The van der Waals surface area contributed by atoms with E-state index in [1.54, 1.807) is 0 Å². The fraction of sp³-hybridized carbons (Fsp3) is 0.125. The molecule has 0 aliphatic carbocycles. The summed E-state index contributed by atoms with van der Waals surface area (Å²) in [6, 6.07) is 0.761. The maximum absolute atomic E-state index is 10.4. The van der Waals surface area contributed by atoms with E-state index in [1.165, 1.54) is 12.1 Å². The Morgan fingerprint density at radius 1 is 1.71 bits per heavy atom. The van der Waals surface area contributed by atoms with Gasteiger partial charge >= 0.3 is 0 Å². The largest absolute Gasteiger partial charge is 0.383 e. The van der Waals surface area contributed by atoms with Gasteiger partial charge in [0.25, 0.3) is 5.69 Å². The average molecular weight is 194 g/mol. The molecule has 1 rings (SSSR count). The predicted molar refractivity (Wildman–Crippen MR) is 52.4 cm³/mol. The number of rotatable bonds is 3. The van der Waals surface area contributed by atoms with E-state index in [2.05, 4.69) is 11.6 Å². The van der Waals surface area contributed by atoms with E-state index in [1.807, 2.05) is 0 Å². The Balaban J connectivity index is 3.20. The number of aromatic nitrogens is 1. The number of hydrogen-bond donors (Lipinski definition) is 2. The van der Waals surface area contributed by atoms with E-state index in [0.717, 1.165) is 6.20 Å². The quantitative estimate of drug-likeness (QED) is 0.419. The first kappa shape index (κ1) is 10.1. The minimum absolute atomic E-state index is 0.133. The van der Waals surface area contributed by atoms with E-state index < -0.39 is 11.0 Å². The summed E-state index contributed by atoms with van der Waals surface area (Å²) in [5.74, 6) is 0.183. The molecule has 0 spiro atoms. The van der Waals surface area contributed by atoms with Crippen LogP contribution in [-0.2, 0) is 0 Å². The van der Waals surface area contributed by atoms with Crippen LogP contribution in [0.3, 0.4) is 0 Å². The highest BCUT2D eigenvalue weighted by atomic mass is 16.6. The number of nitrogens with zero attached hydrogens (tertiary/aromatic N) is 2. The molecule has 4 N–H and O–H groups in total. The van der Waals surface area contributed by atoms with Crippen molar-refractivity contribution >= 4 is 11.5 Å². The lowest BCUT2D eigenvalue weighted by Crippen LogP contribution is -2.11. The van der Waals surface area contributed by atoms with Crippen molar-refractivity contribution in [3.8, 4) is 0 Å². The number of pyridine rings is 1. The number of hydrogen-bond acceptors (Lipinski definition) is 5. The van der Waals surface area contributed by atoms with Crippen LogP contribution in [0.4, 0.5) is 11.5 Å². The molecule has 0 fully saturated rings. The molecule has 0 aliphatic heterocycles. The molecule has 1 aromatic heterocycles. The minimum atomic E-state index is -0.550. The second kappa shape index (κ2) is 3.84. The van der Waals surface area contributed by atoms with E-state index in [-0.39, 0.29) is 11.5 Å². The molecule has 6 heteroatoms. The van der Waals surface area contributed by atoms with Gasteiger partial charge in [-0.25, -0.2) is 4.98 Å². The second-order valence-corrected chi connectivity index (χ2v) is 2.69. The number of nitrogen functional groups attached to an aromatic ring is 1. The Morgan fingerprint density at radius 3 is 2.86 bits per heavy atom. The van der Waals surface area contributed by atoms with Crippen LogP contribution in [0.25, 0.3) is 0 Å². The monoisotopic (exact) mass is 194 g/mol. The van der Waals surface area contributed by atoms with Gasteiger partial charge in [0.05, 0.1) is 11.0 Å². The Morgan fingerprint density at radius 2 is 2.36 bits per heavy atom. The zero-order valence-corrected chi connectivity index (χ0v) is 7.38. The summed E-state index contributed by atoms with van der Waals surface area (Å²) < 4.78 is 0. The molecule has 0 radical (unpaired) electrons. The topological polar surface area (TPSA) is 108 Å². The van der Waals surface area contributed by atoms with Gasteiger partial charge in [0.1, 0.15) is 12.0 Å². The number of nitrogens with two attached hydrogens (primary N) is 2. The molecule has 0 aromatic carbocycles. The molecular formula is C8H10N4O2. The van der Waals surface area contributed by atoms with Gasteiger partial charge in [-0.05, 0) is 0 Å². The molecule has 0 saturated carbocycles. The molecule has 1 atom stereocenters. The van der Waals surface area contributed by atoms with Crippen LogP contribution < -0.4 is 11.5 Å². The van der Waals surface area contributed by atoms with E-state index >= 15 is 0 Å². The summed E-state index contributed by atoms with van der Waals surface area (Å²) in [6.07, 6.45) is 2.53. The lowest BCUT2D eigenvalue weighted by molar-refractivity contribution is -0.385. The summed E-state index contributed by atoms with van der Waals surface area (Å²) in [4.78, 5) is 13.6. The Hall–Kier alpha value is -1.95. The lowest BCUT2D eigenvalue weighted by Gasteiger charge is -2.08. The normalized spacial score (nSPS) is 12.1. The van der Waals surface area contributed by atoms with Gasteiger partial charge in [-0.3, -0.25) is 10.1 Å². The molecule has 1 aromatic rings. The van der Waals surface area contributed by atoms with Crippen LogP contribution in [0.2, 0.25) is 0 Å².